The molecule has 0 radical (unpaired) electrons. The van der Waals surface area contributed by atoms with Gasteiger partial charge in [0.1, 0.15) is 17.1 Å². The van der Waals surface area contributed by atoms with E-state index in [1.807, 2.05) is 47.5 Å². The summed E-state index contributed by atoms with van der Waals surface area (Å²) in [7, 11) is 1.64. The van der Waals surface area contributed by atoms with Crippen LogP contribution in [-0.4, -0.2) is 45.5 Å². The number of aryl methyl sites for hydroxylation is 1. The molecule has 1 aromatic carbocycles. The Kier molecular flexibility index (Phi) is 5.28. The van der Waals surface area contributed by atoms with Gasteiger partial charge in [0.25, 0.3) is 0 Å². The molecule has 6 nitrogen and oxygen atoms in total. The van der Waals surface area contributed by atoms with Crippen molar-refractivity contribution in [2.75, 3.05) is 20.2 Å². The van der Waals surface area contributed by atoms with Crippen LogP contribution in [0.3, 0.4) is 0 Å². The Labute approximate surface area is 165 Å². The number of hydrogen-bond donors (Lipinski definition) is 0. The maximum absolute atomic E-state index is 12.9. The first-order valence-electron chi connectivity index (χ1n) is 9.92. The largest absolute Gasteiger partial charge is 0.496 e. The molecule has 0 bridgehead atoms. The van der Waals surface area contributed by atoms with E-state index in [4.69, 9.17) is 9.72 Å². The Bertz CT molecular complexity index is 982. The van der Waals surface area contributed by atoms with E-state index < -0.39 is 0 Å². The van der Waals surface area contributed by atoms with Gasteiger partial charge in [-0.2, -0.15) is 0 Å². The Morgan fingerprint density at radius 2 is 2.11 bits per heavy atom. The number of carbonyl (C=O) groups is 1. The molecule has 1 saturated heterocycles. The Morgan fingerprint density at radius 1 is 1.25 bits per heavy atom. The minimum atomic E-state index is 0.140. The lowest BCUT2D eigenvalue weighted by atomic mass is 10.1. The fourth-order valence-electron chi connectivity index (χ4n) is 4.06. The molecule has 0 unspecified atom stereocenters. The van der Waals surface area contributed by atoms with Gasteiger partial charge in [0.2, 0.25) is 5.91 Å². The topological polar surface area (TPSA) is 60.2 Å². The average molecular weight is 378 g/mol. The zero-order chi connectivity index (χ0) is 19.5. The van der Waals surface area contributed by atoms with Crippen molar-refractivity contribution in [2.24, 2.45) is 0 Å². The molecule has 1 amide bonds. The normalized spacial score (nSPS) is 16.6. The van der Waals surface area contributed by atoms with Crippen LogP contribution < -0.4 is 4.74 Å². The highest BCUT2D eigenvalue weighted by Gasteiger charge is 2.30. The molecule has 0 spiro atoms. The highest BCUT2D eigenvalue weighted by molar-refractivity contribution is 5.80. The second kappa shape index (κ2) is 8.00. The molecular formula is C22H26N4O2. The first-order chi connectivity index (χ1) is 13.7. The number of methoxy groups -OCH3 is 1. The second-order valence-corrected chi connectivity index (χ2v) is 7.27. The van der Waals surface area contributed by atoms with Gasteiger partial charge in [-0.25, -0.2) is 9.97 Å². The summed E-state index contributed by atoms with van der Waals surface area (Å²) in [6.45, 7) is 3.62. The van der Waals surface area contributed by atoms with E-state index in [9.17, 15) is 4.79 Å². The lowest BCUT2D eigenvalue weighted by Crippen LogP contribution is -2.30. The number of para-hydroxylation sites is 1. The number of likely N-dealkylation sites (tertiary alicyclic amines) is 1. The molecule has 2 aromatic heterocycles. The monoisotopic (exact) mass is 378 g/mol. The van der Waals surface area contributed by atoms with Crippen LogP contribution in [0.4, 0.5) is 0 Å². The van der Waals surface area contributed by atoms with E-state index in [-0.39, 0.29) is 11.9 Å². The number of ether oxygens (including phenoxy) is 1. The number of aromatic nitrogens is 3. The Hall–Kier alpha value is -2.89. The molecule has 0 N–H and O–H groups in total. The molecule has 1 atom stereocenters. The van der Waals surface area contributed by atoms with E-state index in [1.165, 1.54) is 0 Å². The standard InChI is InChI=1S/C22H26N4O2/c1-3-7-20-24-18-9-6-12-23-22(18)26(20)17-11-13-25(15-17)21(27)14-16-8-4-5-10-19(16)28-2/h4-6,8-10,12,17H,3,7,11,13-15H2,1-2H3/t17-/m1/s1. The number of benzene rings is 1. The van der Waals surface area contributed by atoms with Gasteiger partial charge in [-0.15, -0.1) is 0 Å². The van der Waals surface area contributed by atoms with Crippen LogP contribution >= 0.6 is 0 Å². The molecular weight excluding hydrogens is 352 g/mol. The van der Waals surface area contributed by atoms with Crippen LogP contribution in [0.2, 0.25) is 0 Å². The zero-order valence-corrected chi connectivity index (χ0v) is 16.5. The zero-order valence-electron chi connectivity index (χ0n) is 16.5. The highest BCUT2D eigenvalue weighted by atomic mass is 16.5. The van der Waals surface area contributed by atoms with E-state index >= 15 is 0 Å². The number of carbonyl (C=O) groups excluding carboxylic acids is 1. The van der Waals surface area contributed by atoms with Crippen LogP contribution in [0.15, 0.2) is 42.6 Å². The fourth-order valence-corrected chi connectivity index (χ4v) is 4.06. The smallest absolute Gasteiger partial charge is 0.227 e. The highest BCUT2D eigenvalue weighted by Crippen LogP contribution is 2.29. The van der Waals surface area contributed by atoms with Gasteiger partial charge in [-0.3, -0.25) is 4.79 Å². The van der Waals surface area contributed by atoms with Gasteiger partial charge < -0.3 is 14.2 Å². The summed E-state index contributed by atoms with van der Waals surface area (Å²) < 4.78 is 7.65. The van der Waals surface area contributed by atoms with Crippen molar-refractivity contribution in [3.63, 3.8) is 0 Å². The third kappa shape index (κ3) is 3.46. The van der Waals surface area contributed by atoms with Crippen LogP contribution in [0, 0.1) is 0 Å². The SMILES string of the molecule is CCCc1nc2cccnc2n1[C@@H]1CCN(C(=O)Cc2ccccc2OC)C1. The molecule has 3 aromatic rings. The number of hydrogen-bond acceptors (Lipinski definition) is 4. The van der Waals surface area contributed by atoms with Crippen LogP contribution in [0.25, 0.3) is 11.2 Å². The summed E-state index contributed by atoms with van der Waals surface area (Å²) in [5.41, 5.74) is 2.79. The minimum Gasteiger partial charge on any atom is -0.496 e. The van der Waals surface area contributed by atoms with Gasteiger partial charge >= 0.3 is 0 Å². The van der Waals surface area contributed by atoms with Gasteiger partial charge in [0.05, 0.1) is 19.6 Å². The van der Waals surface area contributed by atoms with E-state index in [2.05, 4.69) is 16.5 Å². The molecule has 1 aliphatic heterocycles. The number of amides is 1. The van der Waals surface area contributed by atoms with Crippen molar-refractivity contribution < 1.29 is 9.53 Å². The third-order valence-corrected chi connectivity index (χ3v) is 5.41. The minimum absolute atomic E-state index is 0.140. The van der Waals surface area contributed by atoms with Crippen molar-refractivity contribution in [3.05, 3.63) is 54.0 Å². The first-order valence-corrected chi connectivity index (χ1v) is 9.92. The summed E-state index contributed by atoms with van der Waals surface area (Å²) in [6.07, 6.45) is 5.06. The van der Waals surface area contributed by atoms with Crippen molar-refractivity contribution >= 4 is 17.1 Å². The molecule has 1 aliphatic rings. The summed E-state index contributed by atoms with van der Waals surface area (Å²) in [6, 6.07) is 11.9. The molecule has 0 aliphatic carbocycles. The third-order valence-electron chi connectivity index (χ3n) is 5.41. The molecule has 4 rings (SSSR count). The Morgan fingerprint density at radius 3 is 2.93 bits per heavy atom. The van der Waals surface area contributed by atoms with Crippen molar-refractivity contribution in [3.8, 4) is 5.75 Å². The van der Waals surface area contributed by atoms with Crippen molar-refractivity contribution in [1.82, 2.24) is 19.4 Å². The van der Waals surface area contributed by atoms with Crippen LogP contribution in [0.5, 0.6) is 5.75 Å². The van der Waals surface area contributed by atoms with Crippen LogP contribution in [0.1, 0.15) is 37.2 Å². The van der Waals surface area contributed by atoms with E-state index in [0.717, 1.165) is 54.1 Å². The van der Waals surface area contributed by atoms with E-state index in [0.29, 0.717) is 13.0 Å². The van der Waals surface area contributed by atoms with E-state index in [1.54, 1.807) is 7.11 Å². The lowest BCUT2D eigenvalue weighted by molar-refractivity contribution is -0.129. The number of pyridine rings is 1. The lowest BCUT2D eigenvalue weighted by Gasteiger charge is -2.19. The summed E-state index contributed by atoms with van der Waals surface area (Å²) >= 11 is 0. The van der Waals surface area contributed by atoms with Crippen molar-refractivity contribution in [1.29, 1.82) is 0 Å². The first kappa shape index (κ1) is 18.5. The van der Waals surface area contributed by atoms with Gasteiger partial charge in [0.15, 0.2) is 5.65 Å². The molecule has 0 saturated carbocycles. The number of rotatable bonds is 6. The van der Waals surface area contributed by atoms with Crippen molar-refractivity contribution in [2.45, 2.75) is 38.6 Å². The predicted octanol–water partition coefficient (Wildman–Crippen LogP) is 3.41. The summed E-state index contributed by atoms with van der Waals surface area (Å²) in [5.74, 6) is 1.98. The van der Waals surface area contributed by atoms with Gasteiger partial charge in [-0.1, -0.05) is 25.1 Å². The molecule has 1 fully saturated rings. The summed E-state index contributed by atoms with van der Waals surface area (Å²) in [4.78, 5) is 24.2. The quantitative estimate of drug-likeness (QED) is 0.660. The maximum Gasteiger partial charge on any atom is 0.227 e. The number of fused-ring (bicyclic) bond motifs is 1. The van der Waals surface area contributed by atoms with Gasteiger partial charge in [-0.05, 0) is 31.0 Å². The van der Waals surface area contributed by atoms with Crippen LogP contribution in [-0.2, 0) is 17.6 Å². The average Bonchev–Trinajstić information content (AvgIpc) is 3.33. The molecule has 146 valence electrons. The molecule has 3 heterocycles. The maximum atomic E-state index is 12.9. The molecule has 28 heavy (non-hydrogen) atoms. The number of nitrogens with zero attached hydrogens (tertiary/aromatic N) is 4. The predicted molar refractivity (Wildman–Crippen MR) is 108 cm³/mol. The summed E-state index contributed by atoms with van der Waals surface area (Å²) in [5, 5.41) is 0. The van der Waals surface area contributed by atoms with Gasteiger partial charge in [0, 0.05) is 31.3 Å². The second-order valence-electron chi connectivity index (χ2n) is 7.27. The molecule has 6 heteroatoms. The number of imidazole rings is 1. The Balaban J connectivity index is 1.53. The fraction of sp³-hybridized carbons (Fsp3) is 0.409.